The van der Waals surface area contributed by atoms with Crippen LogP contribution in [0.1, 0.15) is 15.9 Å². The number of rotatable bonds is 4. The Morgan fingerprint density at radius 3 is 2.57 bits per heavy atom. The molecule has 2 aromatic rings. The number of amides is 1. The molecule has 0 spiro atoms. The molecule has 2 heterocycles. The maximum atomic E-state index is 12.2. The van der Waals surface area contributed by atoms with Gasteiger partial charge < -0.3 is 20.7 Å². The predicted octanol–water partition coefficient (Wildman–Crippen LogP) is 1.43. The minimum Gasteiger partial charge on any atom is -0.384 e. The second-order valence-electron chi connectivity index (χ2n) is 5.42. The van der Waals surface area contributed by atoms with Gasteiger partial charge >= 0.3 is 0 Å². The number of ether oxygens (including phenoxy) is 1. The molecule has 120 valence electrons. The Bertz CT molecular complexity index is 649. The van der Waals surface area contributed by atoms with Crippen LogP contribution in [0.15, 0.2) is 42.6 Å². The van der Waals surface area contributed by atoms with Crippen molar-refractivity contribution < 1.29 is 9.53 Å². The van der Waals surface area contributed by atoms with Crippen molar-refractivity contribution in [3.63, 3.8) is 0 Å². The fourth-order valence-electron chi connectivity index (χ4n) is 2.47. The number of nitrogen functional groups attached to an aromatic ring is 1. The van der Waals surface area contributed by atoms with E-state index in [2.05, 4.69) is 15.2 Å². The molecule has 0 unspecified atom stereocenters. The number of hydrogen-bond donors (Lipinski definition) is 2. The Labute approximate surface area is 135 Å². The van der Waals surface area contributed by atoms with Gasteiger partial charge in [-0.25, -0.2) is 4.98 Å². The molecule has 3 N–H and O–H groups in total. The molecule has 6 heteroatoms. The summed E-state index contributed by atoms with van der Waals surface area (Å²) in [5, 5.41) is 2.88. The number of pyridine rings is 1. The molecule has 0 atom stereocenters. The molecule has 1 aliphatic rings. The van der Waals surface area contributed by atoms with Crippen LogP contribution in [-0.4, -0.2) is 37.2 Å². The Kier molecular flexibility index (Phi) is 4.73. The fraction of sp³-hybridized carbons (Fsp3) is 0.294. The van der Waals surface area contributed by atoms with Crippen molar-refractivity contribution >= 4 is 17.4 Å². The predicted molar refractivity (Wildman–Crippen MR) is 89.3 cm³/mol. The van der Waals surface area contributed by atoms with Crippen molar-refractivity contribution in [1.82, 2.24) is 10.3 Å². The highest BCUT2D eigenvalue weighted by atomic mass is 16.5. The Hall–Kier alpha value is -2.60. The van der Waals surface area contributed by atoms with E-state index in [0.717, 1.165) is 37.6 Å². The van der Waals surface area contributed by atoms with Crippen LogP contribution in [0.25, 0.3) is 0 Å². The average Bonchev–Trinajstić information content (AvgIpc) is 2.62. The standard InChI is InChI=1S/C17H20N4O2/c18-16-6-1-13(11-19-16)12-20-17(22)14-2-4-15(5-3-14)21-7-9-23-10-8-21/h1-6,11H,7-10,12H2,(H2,18,19)(H,20,22). The SMILES string of the molecule is Nc1ccc(CNC(=O)c2ccc(N3CCOCC3)cc2)cn1. The molecule has 23 heavy (non-hydrogen) atoms. The third kappa shape index (κ3) is 3.98. The topological polar surface area (TPSA) is 80.5 Å². The summed E-state index contributed by atoms with van der Waals surface area (Å²) in [6.07, 6.45) is 1.66. The first-order valence-electron chi connectivity index (χ1n) is 7.64. The maximum absolute atomic E-state index is 12.2. The number of nitrogens with zero attached hydrogens (tertiary/aromatic N) is 2. The van der Waals surface area contributed by atoms with E-state index in [4.69, 9.17) is 10.5 Å². The van der Waals surface area contributed by atoms with Crippen LogP contribution in [0.2, 0.25) is 0 Å². The van der Waals surface area contributed by atoms with Crippen molar-refractivity contribution in [3.05, 3.63) is 53.7 Å². The summed E-state index contributed by atoms with van der Waals surface area (Å²) >= 11 is 0. The van der Waals surface area contributed by atoms with Crippen LogP contribution in [-0.2, 0) is 11.3 Å². The third-order valence-electron chi connectivity index (χ3n) is 3.81. The van der Waals surface area contributed by atoms with Gasteiger partial charge in [-0.15, -0.1) is 0 Å². The van der Waals surface area contributed by atoms with Crippen molar-refractivity contribution in [2.45, 2.75) is 6.54 Å². The lowest BCUT2D eigenvalue weighted by Crippen LogP contribution is -2.36. The van der Waals surface area contributed by atoms with Gasteiger partial charge in [-0.3, -0.25) is 4.79 Å². The van der Waals surface area contributed by atoms with Gasteiger partial charge in [0.25, 0.3) is 5.91 Å². The van der Waals surface area contributed by atoms with Gasteiger partial charge in [-0.05, 0) is 35.9 Å². The van der Waals surface area contributed by atoms with Crippen molar-refractivity contribution in [3.8, 4) is 0 Å². The molecule has 0 saturated carbocycles. The molecule has 0 aliphatic carbocycles. The second-order valence-corrected chi connectivity index (χ2v) is 5.42. The monoisotopic (exact) mass is 312 g/mol. The highest BCUT2D eigenvalue weighted by Crippen LogP contribution is 2.16. The van der Waals surface area contributed by atoms with Crippen LogP contribution in [0.4, 0.5) is 11.5 Å². The first kappa shape index (κ1) is 15.3. The lowest BCUT2D eigenvalue weighted by atomic mass is 10.1. The maximum Gasteiger partial charge on any atom is 0.251 e. The summed E-state index contributed by atoms with van der Waals surface area (Å²) in [6, 6.07) is 11.2. The number of morpholine rings is 1. The number of carbonyl (C=O) groups excluding carboxylic acids is 1. The Morgan fingerprint density at radius 1 is 1.17 bits per heavy atom. The number of nitrogens with one attached hydrogen (secondary N) is 1. The van der Waals surface area contributed by atoms with E-state index in [0.29, 0.717) is 17.9 Å². The van der Waals surface area contributed by atoms with Gasteiger partial charge in [0.1, 0.15) is 5.82 Å². The van der Waals surface area contributed by atoms with E-state index in [9.17, 15) is 4.79 Å². The zero-order chi connectivity index (χ0) is 16.1. The molecule has 1 aliphatic heterocycles. The Morgan fingerprint density at radius 2 is 1.91 bits per heavy atom. The van der Waals surface area contributed by atoms with Crippen LogP contribution in [0.3, 0.4) is 0 Å². The number of nitrogens with two attached hydrogens (primary N) is 1. The quantitative estimate of drug-likeness (QED) is 0.893. The molecule has 1 fully saturated rings. The first-order valence-corrected chi connectivity index (χ1v) is 7.64. The minimum absolute atomic E-state index is 0.102. The Balaban J connectivity index is 1.57. The lowest BCUT2D eigenvalue weighted by Gasteiger charge is -2.28. The number of benzene rings is 1. The normalized spacial score (nSPS) is 14.5. The summed E-state index contributed by atoms with van der Waals surface area (Å²) in [5.74, 6) is 0.370. The molecule has 1 aromatic heterocycles. The van der Waals surface area contributed by atoms with Crippen molar-refractivity contribution in [2.75, 3.05) is 36.9 Å². The molecular formula is C17H20N4O2. The van der Waals surface area contributed by atoms with Gasteiger partial charge in [0.05, 0.1) is 13.2 Å². The van der Waals surface area contributed by atoms with Gasteiger partial charge in [0.15, 0.2) is 0 Å². The van der Waals surface area contributed by atoms with Gasteiger partial charge in [-0.1, -0.05) is 6.07 Å². The fourth-order valence-corrected chi connectivity index (χ4v) is 2.47. The highest BCUT2D eigenvalue weighted by molar-refractivity contribution is 5.94. The first-order chi connectivity index (χ1) is 11.2. The van der Waals surface area contributed by atoms with Crippen LogP contribution in [0, 0.1) is 0 Å². The van der Waals surface area contributed by atoms with Gasteiger partial charge in [0, 0.05) is 37.1 Å². The summed E-state index contributed by atoms with van der Waals surface area (Å²) in [4.78, 5) is 18.4. The molecular weight excluding hydrogens is 292 g/mol. The minimum atomic E-state index is -0.102. The zero-order valence-corrected chi connectivity index (χ0v) is 12.9. The van der Waals surface area contributed by atoms with Crippen molar-refractivity contribution in [1.29, 1.82) is 0 Å². The smallest absolute Gasteiger partial charge is 0.251 e. The van der Waals surface area contributed by atoms with E-state index < -0.39 is 0 Å². The number of hydrogen-bond acceptors (Lipinski definition) is 5. The second kappa shape index (κ2) is 7.11. The third-order valence-corrected chi connectivity index (χ3v) is 3.81. The number of aromatic nitrogens is 1. The summed E-state index contributed by atoms with van der Waals surface area (Å²) in [7, 11) is 0. The van der Waals surface area contributed by atoms with Crippen LogP contribution < -0.4 is 16.0 Å². The summed E-state index contributed by atoms with van der Waals surface area (Å²) < 4.78 is 5.35. The summed E-state index contributed by atoms with van der Waals surface area (Å²) in [5.41, 5.74) is 8.22. The molecule has 0 bridgehead atoms. The van der Waals surface area contributed by atoms with E-state index in [1.807, 2.05) is 30.3 Å². The van der Waals surface area contributed by atoms with E-state index >= 15 is 0 Å². The highest BCUT2D eigenvalue weighted by Gasteiger charge is 2.12. The van der Waals surface area contributed by atoms with Gasteiger partial charge in [0.2, 0.25) is 0 Å². The largest absolute Gasteiger partial charge is 0.384 e. The molecule has 1 saturated heterocycles. The summed E-state index contributed by atoms with van der Waals surface area (Å²) in [6.45, 7) is 3.69. The van der Waals surface area contributed by atoms with Crippen LogP contribution in [0.5, 0.6) is 0 Å². The molecule has 0 radical (unpaired) electrons. The molecule has 6 nitrogen and oxygen atoms in total. The van der Waals surface area contributed by atoms with E-state index in [1.165, 1.54) is 0 Å². The molecule has 1 amide bonds. The van der Waals surface area contributed by atoms with Crippen molar-refractivity contribution in [2.24, 2.45) is 0 Å². The number of carbonyl (C=O) groups is 1. The lowest BCUT2D eigenvalue weighted by molar-refractivity contribution is 0.0951. The van der Waals surface area contributed by atoms with Crippen LogP contribution >= 0.6 is 0 Å². The molecule has 3 rings (SSSR count). The van der Waals surface area contributed by atoms with E-state index in [1.54, 1.807) is 12.3 Å². The average molecular weight is 312 g/mol. The number of anilines is 2. The molecule has 1 aromatic carbocycles. The zero-order valence-electron chi connectivity index (χ0n) is 12.9. The van der Waals surface area contributed by atoms with E-state index in [-0.39, 0.29) is 5.91 Å². The van der Waals surface area contributed by atoms with Gasteiger partial charge in [-0.2, -0.15) is 0 Å².